The summed E-state index contributed by atoms with van der Waals surface area (Å²) in [4.78, 5) is 4.95. The van der Waals surface area contributed by atoms with Crippen molar-refractivity contribution >= 4 is 34.1 Å². The van der Waals surface area contributed by atoms with Crippen LogP contribution in [0.3, 0.4) is 0 Å². The molecule has 0 aliphatic heterocycles. The van der Waals surface area contributed by atoms with E-state index >= 15 is 0 Å². The van der Waals surface area contributed by atoms with Crippen molar-refractivity contribution in [3.8, 4) is 77.9 Å². The number of benzene rings is 13. The highest BCUT2D eigenvalue weighted by Gasteiger charge is 2.64. The van der Waals surface area contributed by atoms with Gasteiger partial charge in [0.15, 0.2) is 0 Å². The second-order valence-corrected chi connectivity index (χ2v) is 34.7. The highest BCUT2D eigenvalue weighted by atomic mass is 15.2. The van der Waals surface area contributed by atoms with E-state index in [0.29, 0.717) is 0 Å². The standard InChI is InChI=1S/C52H47N.C52H43N/c1-50(2)42-15-8-5-12-37(42)39-22-20-35(29-46(39)50)53(36-21-23-40-38-13-6-9-16-43(38)51(3,4)47(40)30-36)48-19-11-18-45-49(48)41-14-7-10-17-44(41)52(45)33-25-31-24-32(27-33)28-34(52)26-31;1-3-10-44(11-4-1)53(45-12-5-2-6-13-45)46-28-26-40(27-29-46)38-20-18-37(19-21-38)39-22-24-41(25-23-39)47-15-9-17-50-51(47)48-14-7-8-16-49(48)52(50)42-31-35-30-36(33-42)34-43(52)32-35/h5-23,29-34H,24-28H2,1-4H3;1-29,35-36,42-43H,30-34H2. The molecule has 0 amide bonds. The molecule has 2 spiro atoms. The van der Waals surface area contributed by atoms with Crippen LogP contribution in [-0.4, -0.2) is 0 Å². The lowest BCUT2D eigenvalue weighted by molar-refractivity contribution is -0.0399. The molecule has 0 saturated heterocycles. The smallest absolute Gasteiger partial charge is 0.0543 e. The van der Waals surface area contributed by atoms with Crippen molar-refractivity contribution in [2.24, 2.45) is 47.3 Å². The monoisotopic (exact) mass is 1370 g/mol. The first-order valence-electron chi connectivity index (χ1n) is 40.0. The van der Waals surface area contributed by atoms with E-state index < -0.39 is 0 Å². The van der Waals surface area contributed by atoms with Crippen LogP contribution in [0.25, 0.3) is 77.9 Å². The summed E-state index contributed by atoms with van der Waals surface area (Å²) in [5.41, 5.74) is 38.7. The van der Waals surface area contributed by atoms with Gasteiger partial charge in [-0.15, -0.1) is 0 Å². The minimum atomic E-state index is -0.0785. The molecule has 0 unspecified atom stereocenters. The van der Waals surface area contributed by atoms with Gasteiger partial charge in [0, 0.05) is 55.7 Å². The van der Waals surface area contributed by atoms with Gasteiger partial charge in [0.25, 0.3) is 0 Å². The Kier molecular flexibility index (Phi) is 13.9. The largest absolute Gasteiger partial charge is 0.311 e. The molecule has 106 heavy (non-hydrogen) atoms. The van der Waals surface area contributed by atoms with Crippen molar-refractivity contribution < 1.29 is 0 Å². The Bertz CT molecular complexity index is 5470. The van der Waals surface area contributed by atoms with E-state index in [-0.39, 0.29) is 21.7 Å². The van der Waals surface area contributed by atoms with E-state index in [1.54, 1.807) is 22.3 Å². The summed E-state index contributed by atoms with van der Waals surface area (Å²) in [5.74, 6) is 6.83. The van der Waals surface area contributed by atoms with E-state index in [4.69, 9.17) is 0 Å². The lowest BCUT2D eigenvalue weighted by Gasteiger charge is -2.61. The number of fused-ring (bicyclic) bond motifs is 12. The SMILES string of the molecule is CC1(C)c2ccccc2-c2ccc(N(c3ccc4c(c3)C(C)(C)c3ccccc3-4)c3cccc4c3-c3ccccc3C43C4CC5CC(C4)CC3C5)cc21.c1ccc(N(c2ccccc2)c2ccc(-c3ccc(-c4ccc(-c5cccc6c5-c5ccccc5C65C6CC7CC(C6)CC5C7)cc4)cc3)cc2)cc1. The van der Waals surface area contributed by atoms with Gasteiger partial charge in [0.2, 0.25) is 0 Å². The molecule has 13 aromatic rings. The third-order valence-electron chi connectivity index (χ3n) is 28.9. The minimum absolute atomic E-state index is 0.0785. The summed E-state index contributed by atoms with van der Waals surface area (Å²) in [6, 6.07) is 115. The van der Waals surface area contributed by atoms with Crippen molar-refractivity contribution in [2.75, 3.05) is 9.80 Å². The molecular weight excluding hydrogens is 1280 g/mol. The zero-order valence-electron chi connectivity index (χ0n) is 61.5. The van der Waals surface area contributed by atoms with E-state index in [0.717, 1.165) is 64.4 Å². The molecule has 0 heterocycles. The van der Waals surface area contributed by atoms with Gasteiger partial charge in [-0.05, 0) is 295 Å². The second-order valence-electron chi connectivity index (χ2n) is 34.7. The summed E-state index contributed by atoms with van der Waals surface area (Å²) in [6.45, 7) is 9.64. The summed E-state index contributed by atoms with van der Waals surface area (Å²) in [5, 5.41) is 0. The van der Waals surface area contributed by atoms with Crippen LogP contribution >= 0.6 is 0 Å². The highest BCUT2D eigenvalue weighted by Crippen LogP contribution is 2.73. The Labute approximate surface area is 626 Å². The van der Waals surface area contributed by atoms with Crippen molar-refractivity contribution in [1.82, 2.24) is 0 Å². The predicted octanol–water partition coefficient (Wildman–Crippen LogP) is 27.4. The van der Waals surface area contributed by atoms with Gasteiger partial charge in [-0.25, -0.2) is 0 Å². The van der Waals surface area contributed by atoms with Crippen molar-refractivity contribution in [3.05, 3.63) is 348 Å². The van der Waals surface area contributed by atoms with Gasteiger partial charge in [0.05, 0.1) is 5.69 Å². The van der Waals surface area contributed by atoms with Crippen LogP contribution in [0, 0.1) is 47.3 Å². The molecule has 12 aliphatic rings. The molecule has 516 valence electrons. The maximum atomic E-state index is 2.64. The first kappa shape index (κ1) is 62.8. The summed E-state index contributed by atoms with van der Waals surface area (Å²) in [6.07, 6.45) is 14.2. The zero-order valence-corrected chi connectivity index (χ0v) is 61.5. The van der Waals surface area contributed by atoms with Crippen molar-refractivity contribution in [2.45, 2.75) is 114 Å². The van der Waals surface area contributed by atoms with E-state index in [2.05, 4.69) is 341 Å². The minimum Gasteiger partial charge on any atom is -0.311 e. The zero-order chi connectivity index (χ0) is 70.4. The highest BCUT2D eigenvalue weighted by molar-refractivity contribution is 5.98. The van der Waals surface area contributed by atoms with E-state index in [9.17, 15) is 0 Å². The third-order valence-corrected chi connectivity index (χ3v) is 28.9. The number of hydrogen-bond donors (Lipinski definition) is 0. The normalized spacial score (nSPS) is 24.8. The number of anilines is 6. The van der Waals surface area contributed by atoms with Gasteiger partial charge >= 0.3 is 0 Å². The molecule has 8 saturated carbocycles. The fourth-order valence-electron chi connectivity index (χ4n) is 25.0. The average molecular weight is 1370 g/mol. The number of para-hydroxylation sites is 2. The molecule has 2 nitrogen and oxygen atoms in total. The maximum absolute atomic E-state index is 2.64. The van der Waals surface area contributed by atoms with Crippen LogP contribution in [0.5, 0.6) is 0 Å². The third kappa shape index (κ3) is 9.03. The molecular formula is C104H90N2. The lowest BCUT2D eigenvalue weighted by atomic mass is 9.43. The first-order valence-corrected chi connectivity index (χ1v) is 40.0. The summed E-state index contributed by atoms with van der Waals surface area (Å²) < 4.78 is 0. The Morgan fingerprint density at radius 2 is 0.528 bits per heavy atom. The Morgan fingerprint density at radius 3 is 0.972 bits per heavy atom. The maximum Gasteiger partial charge on any atom is 0.0543 e. The predicted molar refractivity (Wildman–Crippen MR) is 440 cm³/mol. The van der Waals surface area contributed by atoms with E-state index in [1.807, 2.05) is 0 Å². The fourth-order valence-corrected chi connectivity index (χ4v) is 25.0. The molecule has 0 radical (unpaired) electrons. The number of rotatable bonds is 9. The van der Waals surface area contributed by atoms with Crippen molar-refractivity contribution in [1.29, 1.82) is 0 Å². The Morgan fingerprint density at radius 1 is 0.217 bits per heavy atom. The number of nitrogens with zero attached hydrogens (tertiary/aromatic N) is 2. The molecule has 0 aromatic heterocycles. The Balaban J connectivity index is 0.000000132. The van der Waals surface area contributed by atoms with Crippen LogP contribution in [0.15, 0.2) is 303 Å². The van der Waals surface area contributed by atoms with E-state index in [1.165, 1.54) is 181 Å². The van der Waals surface area contributed by atoms with Crippen LogP contribution in [-0.2, 0) is 21.7 Å². The van der Waals surface area contributed by atoms with Gasteiger partial charge in [-0.3, -0.25) is 0 Å². The molecule has 12 aliphatic carbocycles. The van der Waals surface area contributed by atoms with Gasteiger partial charge in [0.1, 0.15) is 0 Å². The fraction of sp³-hybridized carbons (Fsp3) is 0.250. The van der Waals surface area contributed by atoms with Crippen LogP contribution < -0.4 is 9.80 Å². The summed E-state index contributed by atoms with van der Waals surface area (Å²) in [7, 11) is 0. The Hall–Kier alpha value is -10.5. The topological polar surface area (TPSA) is 6.48 Å². The molecule has 8 bridgehead atoms. The quantitative estimate of drug-likeness (QED) is 0.142. The lowest BCUT2D eigenvalue weighted by Crippen LogP contribution is -2.55. The summed E-state index contributed by atoms with van der Waals surface area (Å²) >= 11 is 0. The van der Waals surface area contributed by atoms with Gasteiger partial charge in [-0.1, -0.05) is 264 Å². The number of hydrogen-bond acceptors (Lipinski definition) is 2. The molecule has 25 rings (SSSR count). The molecule has 0 atom stereocenters. The van der Waals surface area contributed by atoms with Gasteiger partial charge < -0.3 is 9.80 Å². The van der Waals surface area contributed by atoms with Crippen LogP contribution in [0.2, 0.25) is 0 Å². The molecule has 0 N–H and O–H groups in total. The second kappa shape index (κ2) is 23.5. The molecule has 2 heteroatoms. The first-order chi connectivity index (χ1) is 52.0. The van der Waals surface area contributed by atoms with Crippen molar-refractivity contribution in [3.63, 3.8) is 0 Å². The van der Waals surface area contributed by atoms with Crippen LogP contribution in [0.4, 0.5) is 34.1 Å². The molecule has 13 aromatic carbocycles. The average Bonchev–Trinajstić information content (AvgIpc) is 1.51. The van der Waals surface area contributed by atoms with Gasteiger partial charge in [-0.2, -0.15) is 0 Å². The molecule has 8 fully saturated rings. The van der Waals surface area contributed by atoms with Crippen LogP contribution in [0.1, 0.15) is 136 Å².